The van der Waals surface area contributed by atoms with Gasteiger partial charge in [-0.3, -0.25) is 9.78 Å². The number of hydrogen-bond donors (Lipinski definition) is 2. The Bertz CT molecular complexity index is 711. The first-order chi connectivity index (χ1) is 10.1. The summed E-state index contributed by atoms with van der Waals surface area (Å²) in [6, 6.07) is 7.53. The number of carbonyl (C=O) groups excluding carboxylic acids is 1. The van der Waals surface area contributed by atoms with E-state index < -0.39 is 0 Å². The molecule has 0 unspecified atom stereocenters. The number of nitrogens with zero attached hydrogens (tertiary/aromatic N) is 1. The Hall–Kier alpha value is -2.16. The molecule has 1 amide bonds. The van der Waals surface area contributed by atoms with Gasteiger partial charge in [0.1, 0.15) is 6.61 Å². The minimum absolute atomic E-state index is 0.136. The van der Waals surface area contributed by atoms with Gasteiger partial charge < -0.3 is 10.4 Å². The summed E-state index contributed by atoms with van der Waals surface area (Å²) >= 11 is 1.33. The largest absolute Gasteiger partial charge is 0.384 e. The van der Waals surface area contributed by atoms with Crippen LogP contribution in [-0.4, -0.2) is 22.6 Å². The second-order valence-corrected chi connectivity index (χ2v) is 5.59. The molecule has 2 rings (SSSR count). The number of amides is 1. The zero-order valence-corrected chi connectivity index (χ0v) is 12.8. The van der Waals surface area contributed by atoms with Crippen molar-refractivity contribution in [3.8, 4) is 11.8 Å². The SMILES string of the molecule is Cc1cccc(CNC(=O)c2cc(C)c(C#CCO)s2)n1. The lowest BCUT2D eigenvalue weighted by molar-refractivity contribution is 0.0954. The minimum atomic E-state index is -0.183. The lowest BCUT2D eigenvalue weighted by atomic mass is 10.2. The van der Waals surface area contributed by atoms with Crippen LogP contribution in [0.15, 0.2) is 24.3 Å². The van der Waals surface area contributed by atoms with E-state index in [-0.39, 0.29) is 12.5 Å². The van der Waals surface area contributed by atoms with Crippen LogP contribution in [-0.2, 0) is 6.54 Å². The maximum atomic E-state index is 12.1. The molecule has 0 bridgehead atoms. The molecule has 0 aliphatic rings. The van der Waals surface area contributed by atoms with E-state index >= 15 is 0 Å². The van der Waals surface area contributed by atoms with Crippen LogP contribution >= 0.6 is 11.3 Å². The van der Waals surface area contributed by atoms with E-state index in [2.05, 4.69) is 22.1 Å². The Labute approximate surface area is 127 Å². The lowest BCUT2D eigenvalue weighted by Crippen LogP contribution is -2.22. The van der Waals surface area contributed by atoms with Crippen LogP contribution in [0.4, 0.5) is 0 Å². The molecule has 0 radical (unpaired) electrons. The topological polar surface area (TPSA) is 62.2 Å². The number of pyridine rings is 1. The third-order valence-electron chi connectivity index (χ3n) is 2.80. The molecule has 0 spiro atoms. The summed E-state index contributed by atoms with van der Waals surface area (Å²) < 4.78 is 0. The van der Waals surface area contributed by atoms with E-state index in [0.29, 0.717) is 11.4 Å². The second kappa shape index (κ2) is 7.02. The Balaban J connectivity index is 2.04. The number of rotatable bonds is 3. The molecule has 0 saturated carbocycles. The Morgan fingerprint density at radius 1 is 1.43 bits per heavy atom. The molecule has 0 saturated heterocycles. The highest BCUT2D eigenvalue weighted by atomic mass is 32.1. The summed E-state index contributed by atoms with van der Waals surface area (Å²) in [6.45, 7) is 4.03. The molecule has 0 aromatic carbocycles. The highest BCUT2D eigenvalue weighted by molar-refractivity contribution is 7.14. The van der Waals surface area contributed by atoms with Crippen molar-refractivity contribution >= 4 is 17.2 Å². The van der Waals surface area contributed by atoms with Crippen LogP contribution in [0.3, 0.4) is 0 Å². The first-order valence-corrected chi connectivity index (χ1v) is 7.32. The summed E-state index contributed by atoms with van der Waals surface area (Å²) in [5.74, 6) is 5.31. The Kier molecular flexibility index (Phi) is 5.09. The van der Waals surface area contributed by atoms with Gasteiger partial charge in [0.15, 0.2) is 0 Å². The first-order valence-electron chi connectivity index (χ1n) is 6.51. The van der Waals surface area contributed by atoms with Crippen molar-refractivity contribution in [2.45, 2.75) is 20.4 Å². The number of nitrogens with one attached hydrogen (secondary N) is 1. The highest BCUT2D eigenvalue weighted by Gasteiger charge is 2.11. The van der Waals surface area contributed by atoms with Crippen LogP contribution in [0.2, 0.25) is 0 Å². The van der Waals surface area contributed by atoms with Crippen LogP contribution in [0, 0.1) is 25.7 Å². The summed E-state index contributed by atoms with van der Waals surface area (Å²) in [4.78, 5) is 17.9. The number of aliphatic hydroxyl groups is 1. The fourth-order valence-electron chi connectivity index (χ4n) is 1.79. The number of hydrogen-bond acceptors (Lipinski definition) is 4. The van der Waals surface area contributed by atoms with Crippen molar-refractivity contribution in [3.05, 3.63) is 51.0 Å². The van der Waals surface area contributed by atoms with Crippen molar-refractivity contribution in [3.63, 3.8) is 0 Å². The molecule has 0 atom stereocenters. The van der Waals surface area contributed by atoms with E-state index in [9.17, 15) is 4.79 Å². The molecule has 2 aromatic heterocycles. The van der Waals surface area contributed by atoms with Crippen LogP contribution in [0.1, 0.15) is 31.5 Å². The molecule has 2 aromatic rings. The van der Waals surface area contributed by atoms with Gasteiger partial charge in [-0.05, 0) is 37.6 Å². The quantitative estimate of drug-likeness (QED) is 0.853. The molecule has 108 valence electrons. The summed E-state index contributed by atoms with van der Waals surface area (Å²) in [6.07, 6.45) is 0. The van der Waals surface area contributed by atoms with Crippen molar-refractivity contribution in [1.82, 2.24) is 10.3 Å². The average Bonchev–Trinajstić information content (AvgIpc) is 2.84. The van der Waals surface area contributed by atoms with Crippen LogP contribution in [0.5, 0.6) is 0 Å². The number of thiophene rings is 1. The molecule has 4 nitrogen and oxygen atoms in total. The molecule has 0 fully saturated rings. The second-order valence-electron chi connectivity index (χ2n) is 4.54. The third kappa shape index (κ3) is 4.15. The van der Waals surface area contributed by atoms with Crippen molar-refractivity contribution in [2.24, 2.45) is 0 Å². The number of aromatic nitrogens is 1. The molecule has 0 aliphatic heterocycles. The van der Waals surface area contributed by atoms with E-state index in [4.69, 9.17) is 5.11 Å². The molecule has 0 aliphatic carbocycles. The van der Waals surface area contributed by atoms with Gasteiger partial charge in [0.05, 0.1) is 22.0 Å². The number of aryl methyl sites for hydroxylation is 2. The maximum absolute atomic E-state index is 12.1. The van der Waals surface area contributed by atoms with E-state index in [1.807, 2.05) is 38.1 Å². The van der Waals surface area contributed by atoms with Gasteiger partial charge in [-0.2, -0.15) is 0 Å². The molecule has 21 heavy (non-hydrogen) atoms. The molecule has 5 heteroatoms. The summed E-state index contributed by atoms with van der Waals surface area (Å²) in [5.41, 5.74) is 2.70. The normalized spacial score (nSPS) is 9.86. The van der Waals surface area contributed by atoms with E-state index in [0.717, 1.165) is 21.8 Å². The van der Waals surface area contributed by atoms with E-state index in [1.165, 1.54) is 11.3 Å². The van der Waals surface area contributed by atoms with Gasteiger partial charge in [-0.1, -0.05) is 17.9 Å². The first kappa shape index (κ1) is 15.2. The van der Waals surface area contributed by atoms with Crippen molar-refractivity contribution < 1.29 is 9.90 Å². The molecule has 2 heterocycles. The van der Waals surface area contributed by atoms with Gasteiger partial charge in [0.2, 0.25) is 0 Å². The minimum Gasteiger partial charge on any atom is -0.384 e. The molecule has 2 N–H and O–H groups in total. The van der Waals surface area contributed by atoms with Crippen LogP contribution in [0.25, 0.3) is 0 Å². The predicted octanol–water partition coefficient (Wildman–Crippen LogP) is 2.03. The van der Waals surface area contributed by atoms with Gasteiger partial charge >= 0.3 is 0 Å². The van der Waals surface area contributed by atoms with Gasteiger partial charge in [-0.25, -0.2) is 0 Å². The van der Waals surface area contributed by atoms with Crippen molar-refractivity contribution in [1.29, 1.82) is 0 Å². The highest BCUT2D eigenvalue weighted by Crippen LogP contribution is 2.20. The zero-order valence-electron chi connectivity index (χ0n) is 11.9. The number of carbonyl (C=O) groups is 1. The Morgan fingerprint density at radius 2 is 2.24 bits per heavy atom. The zero-order chi connectivity index (χ0) is 15.2. The fourth-order valence-corrected chi connectivity index (χ4v) is 2.76. The molecular formula is C16H16N2O2S. The smallest absolute Gasteiger partial charge is 0.261 e. The van der Waals surface area contributed by atoms with Gasteiger partial charge in [0.25, 0.3) is 5.91 Å². The lowest BCUT2D eigenvalue weighted by Gasteiger charge is -2.03. The standard InChI is InChI=1S/C16H16N2O2S/c1-11-9-15(21-14(11)7-4-8-19)16(20)17-10-13-6-3-5-12(2)18-13/h3,5-6,9,19H,8,10H2,1-2H3,(H,17,20). The predicted molar refractivity (Wildman–Crippen MR) is 83.2 cm³/mol. The maximum Gasteiger partial charge on any atom is 0.261 e. The monoisotopic (exact) mass is 300 g/mol. The van der Waals surface area contributed by atoms with Gasteiger partial charge in [0, 0.05) is 5.69 Å². The summed E-state index contributed by atoms with van der Waals surface area (Å²) in [5, 5.41) is 11.6. The fraction of sp³-hybridized carbons (Fsp3) is 0.250. The number of aliphatic hydroxyl groups excluding tert-OH is 1. The Morgan fingerprint density at radius 3 is 2.95 bits per heavy atom. The summed E-state index contributed by atoms with van der Waals surface area (Å²) in [7, 11) is 0. The average molecular weight is 300 g/mol. The van der Waals surface area contributed by atoms with Gasteiger partial charge in [-0.15, -0.1) is 11.3 Å². The third-order valence-corrected chi connectivity index (χ3v) is 3.95. The van der Waals surface area contributed by atoms with Crippen molar-refractivity contribution in [2.75, 3.05) is 6.61 Å². The van der Waals surface area contributed by atoms with E-state index in [1.54, 1.807) is 0 Å². The van der Waals surface area contributed by atoms with Crippen LogP contribution < -0.4 is 5.32 Å². The molecular weight excluding hydrogens is 284 g/mol.